The Morgan fingerprint density at radius 3 is 2.68 bits per heavy atom. The molecule has 1 spiro atoms. The standard InChI is InChI=1S/C21H31N3O4/c1-23(2)20(26)24-11-8-21(9-12-24)15-16(14-19(25)22-10-13-27-3)17-6-4-5-7-18(17)28-21/h4-7,16H,8-15H2,1-3H3,(H,22,25)/t16-/m1/s1. The molecule has 1 aromatic carbocycles. The number of benzene rings is 1. The second kappa shape index (κ2) is 8.82. The summed E-state index contributed by atoms with van der Waals surface area (Å²) < 4.78 is 11.5. The van der Waals surface area contributed by atoms with Crippen LogP contribution in [0.4, 0.5) is 4.79 Å². The number of nitrogens with zero attached hydrogens (tertiary/aromatic N) is 2. The van der Waals surface area contributed by atoms with E-state index in [0.717, 1.165) is 30.6 Å². The third-order valence-electron chi connectivity index (χ3n) is 5.69. The first-order valence-electron chi connectivity index (χ1n) is 9.94. The normalized spacial score (nSPS) is 20.2. The van der Waals surface area contributed by atoms with Crippen molar-refractivity contribution < 1.29 is 19.1 Å². The van der Waals surface area contributed by atoms with Crippen molar-refractivity contribution in [3.8, 4) is 5.75 Å². The molecule has 0 radical (unpaired) electrons. The molecule has 2 aliphatic rings. The Kier molecular flexibility index (Phi) is 6.44. The molecular weight excluding hydrogens is 358 g/mol. The van der Waals surface area contributed by atoms with Gasteiger partial charge in [0.1, 0.15) is 11.4 Å². The first-order chi connectivity index (χ1) is 13.4. The van der Waals surface area contributed by atoms with Crippen LogP contribution in [-0.2, 0) is 9.53 Å². The van der Waals surface area contributed by atoms with Gasteiger partial charge in [0.2, 0.25) is 5.91 Å². The number of urea groups is 1. The third kappa shape index (κ3) is 4.58. The van der Waals surface area contributed by atoms with Gasteiger partial charge >= 0.3 is 6.03 Å². The number of piperidine rings is 1. The maximum absolute atomic E-state index is 12.4. The predicted octanol–water partition coefficient (Wildman–Crippen LogP) is 2.22. The SMILES string of the molecule is COCCNC(=O)C[C@@H]1CC2(CCN(C(=O)N(C)C)CC2)Oc2ccccc21. The number of nitrogens with one attached hydrogen (secondary N) is 1. The Bertz CT molecular complexity index is 699. The van der Waals surface area contributed by atoms with Crippen molar-refractivity contribution in [3.63, 3.8) is 0 Å². The van der Waals surface area contributed by atoms with E-state index in [-0.39, 0.29) is 23.5 Å². The predicted molar refractivity (Wildman–Crippen MR) is 107 cm³/mol. The van der Waals surface area contributed by atoms with Crippen LogP contribution in [-0.4, -0.2) is 74.8 Å². The summed E-state index contributed by atoms with van der Waals surface area (Å²) in [6.07, 6.45) is 2.79. The van der Waals surface area contributed by atoms with Crippen molar-refractivity contribution in [2.75, 3.05) is 47.4 Å². The van der Waals surface area contributed by atoms with Crippen LogP contribution in [0.25, 0.3) is 0 Å². The minimum Gasteiger partial charge on any atom is -0.487 e. The number of likely N-dealkylation sites (tertiary alicyclic amines) is 1. The Balaban J connectivity index is 1.70. The van der Waals surface area contributed by atoms with Gasteiger partial charge in [-0.25, -0.2) is 4.79 Å². The number of hydrogen-bond donors (Lipinski definition) is 1. The van der Waals surface area contributed by atoms with E-state index < -0.39 is 0 Å². The van der Waals surface area contributed by atoms with Crippen LogP contribution >= 0.6 is 0 Å². The van der Waals surface area contributed by atoms with E-state index in [0.29, 0.717) is 32.7 Å². The van der Waals surface area contributed by atoms with E-state index >= 15 is 0 Å². The summed E-state index contributed by atoms with van der Waals surface area (Å²) in [5.74, 6) is 1.02. The molecule has 154 valence electrons. The number of hydrogen-bond acceptors (Lipinski definition) is 4. The van der Waals surface area contributed by atoms with Gasteiger partial charge in [-0.1, -0.05) is 18.2 Å². The van der Waals surface area contributed by atoms with E-state index in [2.05, 4.69) is 11.4 Å². The van der Waals surface area contributed by atoms with Crippen LogP contribution in [0.2, 0.25) is 0 Å². The van der Waals surface area contributed by atoms with Crippen molar-refractivity contribution in [3.05, 3.63) is 29.8 Å². The monoisotopic (exact) mass is 389 g/mol. The fourth-order valence-electron chi connectivity index (χ4n) is 4.21. The summed E-state index contributed by atoms with van der Waals surface area (Å²) >= 11 is 0. The van der Waals surface area contributed by atoms with Crippen molar-refractivity contribution in [2.24, 2.45) is 0 Å². The highest BCUT2D eigenvalue weighted by atomic mass is 16.5. The zero-order chi connectivity index (χ0) is 20.1. The molecule has 7 nitrogen and oxygen atoms in total. The number of rotatable bonds is 5. The van der Waals surface area contributed by atoms with Crippen LogP contribution in [0.1, 0.15) is 37.2 Å². The first-order valence-corrected chi connectivity index (χ1v) is 9.94. The van der Waals surface area contributed by atoms with Gasteiger partial charge in [-0.15, -0.1) is 0 Å². The number of amides is 3. The molecule has 28 heavy (non-hydrogen) atoms. The van der Waals surface area contributed by atoms with Gasteiger partial charge in [0.15, 0.2) is 0 Å². The number of fused-ring (bicyclic) bond motifs is 1. The zero-order valence-electron chi connectivity index (χ0n) is 17.1. The smallest absolute Gasteiger partial charge is 0.319 e. The molecule has 1 aromatic rings. The molecule has 1 N–H and O–H groups in total. The highest BCUT2D eigenvalue weighted by molar-refractivity contribution is 5.77. The van der Waals surface area contributed by atoms with E-state index in [1.165, 1.54) is 0 Å². The van der Waals surface area contributed by atoms with E-state index in [1.54, 1.807) is 26.1 Å². The van der Waals surface area contributed by atoms with Gasteiger partial charge in [0, 0.05) is 66.0 Å². The molecular formula is C21H31N3O4. The molecule has 0 bridgehead atoms. The Morgan fingerprint density at radius 2 is 2.00 bits per heavy atom. The maximum Gasteiger partial charge on any atom is 0.319 e. The molecule has 2 heterocycles. The number of para-hydroxylation sites is 1. The molecule has 3 rings (SSSR count). The Hall–Kier alpha value is -2.28. The summed E-state index contributed by atoms with van der Waals surface area (Å²) in [5.41, 5.74) is 0.788. The van der Waals surface area contributed by atoms with Crippen LogP contribution < -0.4 is 10.1 Å². The number of carbonyl (C=O) groups is 2. The van der Waals surface area contributed by atoms with Gasteiger partial charge in [0.25, 0.3) is 0 Å². The molecule has 1 atom stereocenters. The van der Waals surface area contributed by atoms with Gasteiger partial charge in [0.05, 0.1) is 6.61 Å². The summed E-state index contributed by atoms with van der Waals surface area (Å²) in [6.45, 7) is 2.38. The maximum atomic E-state index is 12.4. The second-order valence-corrected chi connectivity index (χ2v) is 7.93. The molecule has 0 saturated carbocycles. The van der Waals surface area contributed by atoms with Gasteiger partial charge in [-0.2, -0.15) is 0 Å². The summed E-state index contributed by atoms with van der Waals surface area (Å²) in [7, 11) is 5.18. The third-order valence-corrected chi connectivity index (χ3v) is 5.69. The van der Waals surface area contributed by atoms with Crippen molar-refractivity contribution >= 4 is 11.9 Å². The molecule has 0 aromatic heterocycles. The van der Waals surface area contributed by atoms with Crippen molar-refractivity contribution in [1.29, 1.82) is 0 Å². The molecule has 3 amide bonds. The fourth-order valence-corrected chi connectivity index (χ4v) is 4.21. The lowest BCUT2D eigenvalue weighted by Crippen LogP contribution is -2.53. The van der Waals surface area contributed by atoms with Crippen LogP contribution in [0.3, 0.4) is 0 Å². The van der Waals surface area contributed by atoms with Gasteiger partial charge < -0.3 is 24.6 Å². The molecule has 0 aliphatic carbocycles. The number of carbonyl (C=O) groups excluding carboxylic acids is 2. The molecule has 1 fully saturated rings. The van der Waals surface area contributed by atoms with Crippen molar-refractivity contribution in [2.45, 2.75) is 37.2 Å². The van der Waals surface area contributed by atoms with Crippen LogP contribution in [0, 0.1) is 0 Å². The number of ether oxygens (including phenoxy) is 2. The molecule has 1 saturated heterocycles. The van der Waals surface area contributed by atoms with Gasteiger partial charge in [-0.05, 0) is 18.1 Å². The molecule has 2 aliphatic heterocycles. The van der Waals surface area contributed by atoms with E-state index in [1.807, 2.05) is 23.1 Å². The topological polar surface area (TPSA) is 71.1 Å². The fraction of sp³-hybridized carbons (Fsp3) is 0.619. The summed E-state index contributed by atoms with van der Waals surface area (Å²) in [6, 6.07) is 8.05. The molecule has 7 heteroatoms. The summed E-state index contributed by atoms with van der Waals surface area (Å²) in [4.78, 5) is 28.2. The number of methoxy groups -OCH3 is 1. The Labute approximate surface area is 167 Å². The van der Waals surface area contributed by atoms with Gasteiger partial charge in [-0.3, -0.25) is 4.79 Å². The lowest BCUT2D eigenvalue weighted by molar-refractivity contribution is -0.122. The van der Waals surface area contributed by atoms with Crippen molar-refractivity contribution in [1.82, 2.24) is 15.1 Å². The first kappa shape index (κ1) is 20.5. The average Bonchev–Trinajstić information content (AvgIpc) is 2.68. The quantitative estimate of drug-likeness (QED) is 0.784. The minimum absolute atomic E-state index is 0.0362. The average molecular weight is 389 g/mol. The van der Waals surface area contributed by atoms with E-state index in [4.69, 9.17) is 9.47 Å². The molecule has 0 unspecified atom stereocenters. The summed E-state index contributed by atoms with van der Waals surface area (Å²) in [5, 5.41) is 2.92. The van der Waals surface area contributed by atoms with Crippen LogP contribution in [0.15, 0.2) is 24.3 Å². The largest absolute Gasteiger partial charge is 0.487 e. The van der Waals surface area contributed by atoms with E-state index in [9.17, 15) is 9.59 Å². The lowest BCUT2D eigenvalue weighted by Gasteiger charge is -2.47. The zero-order valence-corrected chi connectivity index (χ0v) is 17.1. The lowest BCUT2D eigenvalue weighted by atomic mass is 9.76. The highest BCUT2D eigenvalue weighted by Gasteiger charge is 2.44. The minimum atomic E-state index is -0.311. The van der Waals surface area contributed by atoms with Crippen LogP contribution in [0.5, 0.6) is 5.75 Å². The highest BCUT2D eigenvalue weighted by Crippen LogP contribution is 2.46. The Morgan fingerprint density at radius 1 is 1.29 bits per heavy atom. The second-order valence-electron chi connectivity index (χ2n) is 7.93.